The fourth-order valence-corrected chi connectivity index (χ4v) is 2.06. The van der Waals surface area contributed by atoms with Crippen LogP contribution >= 0.6 is 34.5 Å². The molecule has 7 heteroatoms. The maximum atomic E-state index is 11.2. The lowest BCUT2D eigenvalue weighted by Crippen LogP contribution is -2.12. The van der Waals surface area contributed by atoms with Crippen LogP contribution in [0.5, 0.6) is 0 Å². The highest BCUT2D eigenvalue weighted by atomic mass is 35.5. The van der Waals surface area contributed by atoms with E-state index in [9.17, 15) is 4.79 Å². The highest BCUT2D eigenvalue weighted by molar-refractivity contribution is 7.10. The molecule has 2 aromatic heterocycles. The molecule has 0 aliphatic rings. The predicted molar refractivity (Wildman–Crippen MR) is 52.6 cm³/mol. The van der Waals surface area contributed by atoms with Gasteiger partial charge in [0.05, 0.1) is 6.54 Å². The molecular weight excluding hydrogens is 230 g/mol. The Morgan fingerprint density at radius 1 is 1.62 bits per heavy atom. The molecule has 0 bridgehead atoms. The molecule has 4 nitrogen and oxygen atoms in total. The van der Waals surface area contributed by atoms with Crippen LogP contribution in [0.1, 0.15) is 5.69 Å². The minimum absolute atomic E-state index is 0.0101. The minimum Gasteiger partial charge on any atom is -0.300 e. The van der Waals surface area contributed by atoms with Gasteiger partial charge in [-0.3, -0.25) is 9.36 Å². The Bertz CT molecular complexity index is 460. The van der Waals surface area contributed by atoms with Crippen molar-refractivity contribution in [3.8, 4) is 0 Å². The largest absolute Gasteiger partial charge is 0.307 e. The summed E-state index contributed by atoms with van der Waals surface area (Å²) in [5.74, 6) is 0. The van der Waals surface area contributed by atoms with Gasteiger partial charge in [0.2, 0.25) is 0 Å². The van der Waals surface area contributed by atoms with E-state index >= 15 is 0 Å². The molecule has 0 saturated heterocycles. The standard InChI is InChI=1S/C6H4ClN3OS2/c7-5-4(8-9-13-5)3-10-1-2-12-6(10)11/h1-2H,3H2. The van der Waals surface area contributed by atoms with Gasteiger partial charge < -0.3 is 0 Å². The normalized spacial score (nSPS) is 10.5. The fourth-order valence-electron chi connectivity index (χ4n) is 0.861. The second kappa shape index (κ2) is 3.57. The second-order valence-electron chi connectivity index (χ2n) is 2.29. The van der Waals surface area contributed by atoms with Crippen LogP contribution in [0.2, 0.25) is 4.34 Å². The molecule has 13 heavy (non-hydrogen) atoms. The third-order valence-electron chi connectivity index (χ3n) is 1.47. The summed E-state index contributed by atoms with van der Waals surface area (Å²) >= 11 is 8.07. The molecule has 0 aromatic carbocycles. The first-order valence-corrected chi connectivity index (χ1v) is 5.41. The number of hydrogen-bond acceptors (Lipinski definition) is 5. The number of nitrogens with zero attached hydrogens (tertiary/aromatic N) is 3. The van der Waals surface area contributed by atoms with Crippen LogP contribution in [0.4, 0.5) is 0 Å². The number of rotatable bonds is 2. The fraction of sp³-hybridized carbons (Fsp3) is 0.167. The first-order chi connectivity index (χ1) is 6.27. The molecule has 0 atom stereocenters. The summed E-state index contributed by atoms with van der Waals surface area (Å²) in [7, 11) is 0. The van der Waals surface area contributed by atoms with E-state index in [2.05, 4.69) is 9.59 Å². The van der Waals surface area contributed by atoms with Crippen molar-refractivity contribution in [3.63, 3.8) is 0 Å². The van der Waals surface area contributed by atoms with Crippen LogP contribution < -0.4 is 4.87 Å². The van der Waals surface area contributed by atoms with E-state index in [-0.39, 0.29) is 4.87 Å². The van der Waals surface area contributed by atoms with E-state index in [1.165, 1.54) is 0 Å². The lowest BCUT2D eigenvalue weighted by molar-refractivity contribution is 0.756. The summed E-state index contributed by atoms with van der Waals surface area (Å²) in [5, 5.41) is 5.55. The summed E-state index contributed by atoms with van der Waals surface area (Å²) in [6, 6.07) is 0. The zero-order chi connectivity index (χ0) is 9.26. The Morgan fingerprint density at radius 2 is 2.46 bits per heavy atom. The number of aromatic nitrogens is 3. The zero-order valence-corrected chi connectivity index (χ0v) is 8.70. The Kier molecular flexibility index (Phi) is 2.43. The molecule has 0 aliphatic carbocycles. The lowest BCUT2D eigenvalue weighted by Gasteiger charge is -1.95. The third-order valence-corrected chi connectivity index (χ3v) is 3.15. The van der Waals surface area contributed by atoms with Gasteiger partial charge in [0.25, 0.3) is 0 Å². The van der Waals surface area contributed by atoms with Crippen molar-refractivity contribution < 1.29 is 0 Å². The molecule has 0 amide bonds. The van der Waals surface area contributed by atoms with Crippen molar-refractivity contribution in [1.29, 1.82) is 0 Å². The van der Waals surface area contributed by atoms with Gasteiger partial charge in [-0.1, -0.05) is 27.4 Å². The van der Waals surface area contributed by atoms with Gasteiger partial charge in [0, 0.05) is 23.1 Å². The van der Waals surface area contributed by atoms with Crippen LogP contribution in [-0.2, 0) is 6.54 Å². The van der Waals surface area contributed by atoms with Crippen LogP contribution in [-0.4, -0.2) is 14.2 Å². The Balaban J connectivity index is 2.29. The smallest absolute Gasteiger partial charge is 0.300 e. The second-order valence-corrected chi connectivity index (χ2v) is 4.50. The Labute approximate surface area is 86.6 Å². The van der Waals surface area contributed by atoms with E-state index in [0.717, 1.165) is 22.9 Å². The van der Waals surface area contributed by atoms with Gasteiger partial charge in [0.1, 0.15) is 10.0 Å². The molecular formula is C6H4ClN3OS2. The average Bonchev–Trinajstić information content (AvgIpc) is 2.65. The maximum Gasteiger partial charge on any atom is 0.307 e. The van der Waals surface area contributed by atoms with Crippen LogP contribution in [0, 0.1) is 0 Å². The molecule has 0 radical (unpaired) electrons. The third kappa shape index (κ3) is 1.79. The molecule has 68 valence electrons. The van der Waals surface area contributed by atoms with Crippen molar-refractivity contribution >= 4 is 34.5 Å². The Hall–Kier alpha value is -0.720. The van der Waals surface area contributed by atoms with E-state index < -0.39 is 0 Å². The highest BCUT2D eigenvalue weighted by Crippen LogP contribution is 2.17. The molecule has 2 rings (SSSR count). The van der Waals surface area contributed by atoms with Gasteiger partial charge in [0.15, 0.2) is 0 Å². The summed E-state index contributed by atoms with van der Waals surface area (Å²) in [6.45, 7) is 0.400. The topological polar surface area (TPSA) is 47.8 Å². The SMILES string of the molecule is O=c1sccn1Cc1nnsc1Cl. The average molecular weight is 234 g/mol. The quantitative estimate of drug-likeness (QED) is 0.789. The van der Waals surface area contributed by atoms with Crippen LogP contribution in [0.25, 0.3) is 0 Å². The first-order valence-electron chi connectivity index (χ1n) is 3.38. The number of hydrogen-bond donors (Lipinski definition) is 0. The summed E-state index contributed by atoms with van der Waals surface area (Å²) in [5.41, 5.74) is 0.646. The molecule has 0 aliphatic heterocycles. The zero-order valence-electron chi connectivity index (χ0n) is 6.31. The van der Waals surface area contributed by atoms with E-state index in [1.807, 2.05) is 0 Å². The van der Waals surface area contributed by atoms with Crippen molar-refractivity contribution in [1.82, 2.24) is 14.2 Å². The molecule has 2 heterocycles. The van der Waals surface area contributed by atoms with E-state index in [0.29, 0.717) is 16.6 Å². The molecule has 0 unspecified atom stereocenters. The predicted octanol–water partition coefficient (Wildman–Crippen LogP) is 1.46. The number of halogens is 1. The molecule has 0 fully saturated rings. The van der Waals surface area contributed by atoms with Gasteiger partial charge in [-0.05, 0) is 0 Å². The van der Waals surface area contributed by atoms with Crippen molar-refractivity contribution in [2.75, 3.05) is 0 Å². The highest BCUT2D eigenvalue weighted by Gasteiger charge is 2.06. The van der Waals surface area contributed by atoms with Crippen molar-refractivity contribution in [2.45, 2.75) is 6.54 Å². The monoisotopic (exact) mass is 233 g/mol. The minimum atomic E-state index is -0.0101. The van der Waals surface area contributed by atoms with Gasteiger partial charge in [-0.15, -0.1) is 5.10 Å². The summed E-state index contributed by atoms with van der Waals surface area (Å²) in [4.78, 5) is 11.1. The van der Waals surface area contributed by atoms with Crippen LogP contribution in [0.15, 0.2) is 16.4 Å². The van der Waals surface area contributed by atoms with Gasteiger partial charge >= 0.3 is 4.87 Å². The molecule has 2 aromatic rings. The van der Waals surface area contributed by atoms with Crippen molar-refractivity contribution in [3.05, 3.63) is 31.3 Å². The van der Waals surface area contributed by atoms with Crippen molar-refractivity contribution in [2.24, 2.45) is 0 Å². The maximum absolute atomic E-state index is 11.2. The van der Waals surface area contributed by atoms with E-state index in [1.54, 1.807) is 16.1 Å². The van der Waals surface area contributed by atoms with Gasteiger partial charge in [-0.2, -0.15) is 0 Å². The van der Waals surface area contributed by atoms with Crippen LogP contribution in [0.3, 0.4) is 0 Å². The molecule has 0 saturated carbocycles. The number of thiazole rings is 1. The molecule has 0 spiro atoms. The lowest BCUT2D eigenvalue weighted by atomic mass is 10.5. The summed E-state index contributed by atoms with van der Waals surface area (Å²) < 4.78 is 5.77. The van der Waals surface area contributed by atoms with Gasteiger partial charge in [-0.25, -0.2) is 0 Å². The summed E-state index contributed by atoms with van der Waals surface area (Å²) in [6.07, 6.45) is 1.71. The van der Waals surface area contributed by atoms with E-state index in [4.69, 9.17) is 11.6 Å². The first kappa shape index (κ1) is 8.86. The Morgan fingerprint density at radius 3 is 3.00 bits per heavy atom. The molecule has 0 N–H and O–H groups in total.